The fourth-order valence-corrected chi connectivity index (χ4v) is 3.58. The molecule has 16 heteroatoms. The number of carbonyl (C=O) groups excluding carboxylic acids is 3. The number of rotatable bonds is 2. The molecule has 0 aromatic heterocycles. The van der Waals surface area contributed by atoms with Crippen LogP contribution in [0.2, 0.25) is 0 Å². The van der Waals surface area contributed by atoms with Gasteiger partial charge in [0.25, 0.3) is 0 Å². The van der Waals surface area contributed by atoms with Gasteiger partial charge >= 0.3 is 36.4 Å². The first-order chi connectivity index (χ1) is 17.4. The van der Waals surface area contributed by atoms with Gasteiger partial charge in [0.15, 0.2) is 0 Å². The molecule has 3 rings (SSSR count). The number of benzene rings is 2. The van der Waals surface area contributed by atoms with Crippen LogP contribution in [0.25, 0.3) is 0 Å². The molecule has 1 aliphatic rings. The molecule has 1 unspecified atom stereocenters. The Morgan fingerprint density at radius 1 is 0.842 bits per heavy atom. The van der Waals surface area contributed by atoms with Crippen LogP contribution in [0.5, 0.6) is 5.75 Å². The summed E-state index contributed by atoms with van der Waals surface area (Å²) in [4.78, 5) is 32.2. The molecule has 38 heavy (non-hydrogen) atoms. The van der Waals surface area contributed by atoms with Crippen molar-refractivity contribution in [3.05, 3.63) is 63.6 Å². The maximum absolute atomic E-state index is 13.1. The minimum absolute atomic E-state index is 0.000752. The SMILES string of the molecule is COc1ccc2c(c1)CCN(C(=O)C(F)(F)F)C2c1ccc(Br)cc1.O=C(OC(=O)C(F)(F)F)C(F)(F)F. The van der Waals surface area contributed by atoms with Gasteiger partial charge in [0.1, 0.15) is 5.75 Å². The van der Waals surface area contributed by atoms with Crippen molar-refractivity contribution >= 4 is 33.8 Å². The van der Waals surface area contributed by atoms with Crippen molar-refractivity contribution in [1.29, 1.82) is 0 Å². The van der Waals surface area contributed by atoms with Gasteiger partial charge in [-0.25, -0.2) is 9.59 Å². The predicted molar refractivity (Wildman–Crippen MR) is 114 cm³/mol. The van der Waals surface area contributed by atoms with E-state index in [1.54, 1.807) is 36.4 Å². The standard InChI is InChI=1S/C18H15BrF3NO2.C4F6O3/c1-25-14-6-7-15-12(10-14)8-9-23(17(24)18(20,21)22)16(15)11-2-4-13(19)5-3-11;5-3(6,7)1(11)13-2(12)4(8,9)10/h2-7,10,16H,8-9H2,1H3;. The molecule has 1 heterocycles. The van der Waals surface area contributed by atoms with Crippen LogP contribution in [-0.2, 0) is 25.5 Å². The van der Waals surface area contributed by atoms with E-state index in [0.29, 0.717) is 23.3 Å². The van der Waals surface area contributed by atoms with Crippen LogP contribution in [-0.4, -0.2) is 54.9 Å². The molecule has 0 saturated heterocycles. The van der Waals surface area contributed by atoms with Crippen molar-refractivity contribution in [2.24, 2.45) is 0 Å². The van der Waals surface area contributed by atoms with Crippen LogP contribution in [0, 0.1) is 0 Å². The minimum Gasteiger partial charge on any atom is -0.497 e. The molecule has 0 aliphatic carbocycles. The van der Waals surface area contributed by atoms with E-state index in [9.17, 15) is 53.9 Å². The van der Waals surface area contributed by atoms with Gasteiger partial charge in [0, 0.05) is 11.0 Å². The number of halogens is 10. The molecule has 0 fully saturated rings. The highest BCUT2D eigenvalue weighted by Gasteiger charge is 2.49. The Labute approximate surface area is 216 Å². The summed E-state index contributed by atoms with van der Waals surface area (Å²) >= 11 is 3.32. The summed E-state index contributed by atoms with van der Waals surface area (Å²) in [6, 6.07) is 11.4. The van der Waals surface area contributed by atoms with Gasteiger partial charge in [0.2, 0.25) is 0 Å². The molecule has 0 saturated carbocycles. The van der Waals surface area contributed by atoms with Gasteiger partial charge in [0.05, 0.1) is 13.2 Å². The van der Waals surface area contributed by atoms with E-state index in [0.717, 1.165) is 14.9 Å². The molecule has 1 aliphatic heterocycles. The number of carbonyl (C=O) groups is 3. The zero-order chi connectivity index (χ0) is 29.1. The Kier molecular flexibility index (Phi) is 9.45. The maximum atomic E-state index is 13.1. The average Bonchev–Trinajstić information content (AvgIpc) is 2.81. The van der Waals surface area contributed by atoms with E-state index in [1.165, 1.54) is 7.11 Å². The Morgan fingerprint density at radius 2 is 1.37 bits per heavy atom. The first-order valence-electron chi connectivity index (χ1n) is 10.1. The van der Waals surface area contributed by atoms with E-state index in [4.69, 9.17) is 4.74 Å². The molecule has 0 bridgehead atoms. The first kappa shape index (κ1) is 30.9. The molecule has 1 amide bonds. The van der Waals surface area contributed by atoms with Crippen LogP contribution in [0.4, 0.5) is 39.5 Å². The minimum atomic E-state index is -5.62. The molecule has 208 valence electrons. The van der Waals surface area contributed by atoms with E-state index >= 15 is 0 Å². The number of nitrogens with zero attached hydrogens (tertiary/aromatic N) is 1. The molecular weight excluding hydrogens is 609 g/mol. The van der Waals surface area contributed by atoms with Crippen molar-refractivity contribution < 1.29 is 63.4 Å². The van der Waals surface area contributed by atoms with Crippen molar-refractivity contribution in [2.75, 3.05) is 13.7 Å². The Bertz CT molecular complexity index is 1150. The molecule has 2 aromatic carbocycles. The highest BCUT2D eigenvalue weighted by atomic mass is 79.9. The third-order valence-electron chi connectivity index (χ3n) is 4.92. The lowest BCUT2D eigenvalue weighted by Gasteiger charge is -2.38. The molecule has 0 spiro atoms. The number of methoxy groups -OCH3 is 1. The summed E-state index contributed by atoms with van der Waals surface area (Å²) in [5.41, 5.74) is 2.21. The van der Waals surface area contributed by atoms with Gasteiger partial charge < -0.3 is 14.4 Å². The summed E-state index contributed by atoms with van der Waals surface area (Å²) < 4.78 is 115. The summed E-state index contributed by atoms with van der Waals surface area (Å²) in [7, 11) is 1.54. The Balaban J connectivity index is 0.000000332. The van der Waals surface area contributed by atoms with Gasteiger partial charge in [-0.2, -0.15) is 39.5 Å². The number of alkyl halides is 9. The van der Waals surface area contributed by atoms with E-state index in [2.05, 4.69) is 20.7 Å². The third-order valence-corrected chi connectivity index (χ3v) is 5.44. The van der Waals surface area contributed by atoms with Crippen LogP contribution < -0.4 is 4.74 Å². The third kappa shape index (κ3) is 7.85. The summed E-state index contributed by atoms with van der Waals surface area (Å²) in [5.74, 6) is -7.57. The van der Waals surface area contributed by atoms with Crippen LogP contribution in [0.3, 0.4) is 0 Å². The molecule has 0 radical (unpaired) electrons. The monoisotopic (exact) mass is 623 g/mol. The van der Waals surface area contributed by atoms with Crippen molar-refractivity contribution in [1.82, 2.24) is 4.90 Å². The van der Waals surface area contributed by atoms with Crippen molar-refractivity contribution in [2.45, 2.75) is 31.0 Å². The maximum Gasteiger partial charge on any atom is 0.491 e. The normalized spacial score (nSPS) is 15.6. The summed E-state index contributed by atoms with van der Waals surface area (Å²) in [6.07, 6.45) is -15.8. The highest BCUT2D eigenvalue weighted by Crippen LogP contribution is 2.39. The largest absolute Gasteiger partial charge is 0.497 e. The highest BCUT2D eigenvalue weighted by molar-refractivity contribution is 9.10. The van der Waals surface area contributed by atoms with Gasteiger partial charge in [-0.05, 0) is 47.4 Å². The second kappa shape index (κ2) is 11.6. The molecule has 1 atom stereocenters. The van der Waals surface area contributed by atoms with Crippen LogP contribution in [0.1, 0.15) is 22.7 Å². The summed E-state index contributed by atoms with van der Waals surface area (Å²) in [6.45, 7) is -0.000752. The van der Waals surface area contributed by atoms with Crippen molar-refractivity contribution in [3.63, 3.8) is 0 Å². The van der Waals surface area contributed by atoms with Gasteiger partial charge in [-0.3, -0.25) is 4.79 Å². The second-order valence-electron chi connectivity index (χ2n) is 7.44. The number of ether oxygens (including phenoxy) is 2. The van der Waals surface area contributed by atoms with Gasteiger partial charge in [-0.15, -0.1) is 0 Å². The van der Waals surface area contributed by atoms with Crippen LogP contribution >= 0.6 is 15.9 Å². The lowest BCUT2D eigenvalue weighted by Crippen LogP contribution is -2.46. The topological polar surface area (TPSA) is 72.9 Å². The van der Waals surface area contributed by atoms with E-state index in [1.807, 2.05) is 6.07 Å². The van der Waals surface area contributed by atoms with Crippen LogP contribution in [0.15, 0.2) is 46.9 Å². The molecule has 0 N–H and O–H groups in total. The Hall–Kier alpha value is -3.30. The average molecular weight is 624 g/mol. The smallest absolute Gasteiger partial charge is 0.491 e. The summed E-state index contributed by atoms with van der Waals surface area (Å²) in [5, 5.41) is 0. The first-order valence-corrected chi connectivity index (χ1v) is 10.9. The predicted octanol–water partition coefficient (Wildman–Crippen LogP) is 5.67. The number of hydrogen-bond acceptors (Lipinski definition) is 5. The van der Waals surface area contributed by atoms with Crippen molar-refractivity contribution in [3.8, 4) is 5.75 Å². The van der Waals surface area contributed by atoms with Gasteiger partial charge in [-0.1, -0.05) is 34.1 Å². The number of esters is 2. The molecule has 6 nitrogen and oxygen atoms in total. The molecular formula is C22H15BrF9NO5. The fraction of sp³-hybridized carbons (Fsp3) is 0.318. The fourth-order valence-electron chi connectivity index (χ4n) is 3.32. The number of fused-ring (bicyclic) bond motifs is 1. The number of hydrogen-bond donors (Lipinski definition) is 0. The quantitative estimate of drug-likeness (QED) is 0.245. The van der Waals surface area contributed by atoms with E-state index in [-0.39, 0.29) is 6.54 Å². The lowest BCUT2D eigenvalue weighted by atomic mass is 9.88. The Morgan fingerprint density at radius 3 is 1.82 bits per heavy atom. The zero-order valence-electron chi connectivity index (χ0n) is 18.8. The molecule has 2 aromatic rings. The zero-order valence-corrected chi connectivity index (χ0v) is 20.4. The number of amides is 1. The second-order valence-corrected chi connectivity index (χ2v) is 8.35. The van der Waals surface area contributed by atoms with E-state index < -0.39 is 42.4 Å². The lowest BCUT2D eigenvalue weighted by molar-refractivity contribution is -0.221.